The maximum atomic E-state index is 5.23. The smallest absolute Gasteiger partial charge is 0.0613 e. The summed E-state index contributed by atoms with van der Waals surface area (Å²) in [5.74, 6) is 0.921. The number of ether oxygens (including phenoxy) is 1. The molecule has 2 heteroatoms. The van der Waals surface area contributed by atoms with Crippen molar-refractivity contribution in [3.63, 3.8) is 0 Å². The van der Waals surface area contributed by atoms with Crippen LogP contribution in [0.25, 0.3) is 0 Å². The van der Waals surface area contributed by atoms with E-state index in [2.05, 4.69) is 33.0 Å². The topological polar surface area (TPSA) is 21.3 Å². The number of rotatable bonds is 4. The molecule has 16 heavy (non-hydrogen) atoms. The van der Waals surface area contributed by atoms with Gasteiger partial charge in [-0.25, -0.2) is 0 Å². The van der Waals surface area contributed by atoms with E-state index in [0.717, 1.165) is 12.5 Å². The summed E-state index contributed by atoms with van der Waals surface area (Å²) in [6.45, 7) is 10.4. The molecule has 2 aliphatic rings. The van der Waals surface area contributed by atoms with E-state index >= 15 is 0 Å². The van der Waals surface area contributed by atoms with Crippen LogP contribution in [-0.2, 0) is 4.74 Å². The Bertz CT molecular complexity index is 259. The standard InChI is InChI=1S/C14H27NO/c1-10(9-16-5)15-12-13(2,3)11-6-7-14(12,4)8-11/h10-12,15H,6-9H2,1-5H3. The third-order valence-corrected chi connectivity index (χ3v) is 5.14. The molecule has 2 bridgehead atoms. The fraction of sp³-hybridized carbons (Fsp3) is 1.00. The van der Waals surface area contributed by atoms with Gasteiger partial charge < -0.3 is 10.1 Å². The second-order valence-corrected chi connectivity index (χ2v) is 6.87. The number of nitrogens with one attached hydrogen (secondary N) is 1. The summed E-state index contributed by atoms with van der Waals surface area (Å²) in [5.41, 5.74) is 0.977. The minimum absolute atomic E-state index is 0.453. The molecule has 0 aromatic carbocycles. The maximum absolute atomic E-state index is 5.23. The van der Waals surface area contributed by atoms with E-state index in [1.165, 1.54) is 19.3 Å². The van der Waals surface area contributed by atoms with Crippen LogP contribution in [0.5, 0.6) is 0 Å². The highest BCUT2D eigenvalue weighted by Crippen LogP contribution is 2.62. The van der Waals surface area contributed by atoms with Crippen molar-refractivity contribution in [2.75, 3.05) is 13.7 Å². The van der Waals surface area contributed by atoms with E-state index in [1.54, 1.807) is 7.11 Å². The highest BCUT2D eigenvalue weighted by atomic mass is 16.5. The van der Waals surface area contributed by atoms with Gasteiger partial charge in [-0.05, 0) is 42.9 Å². The molecule has 2 rings (SSSR count). The van der Waals surface area contributed by atoms with Gasteiger partial charge in [0.15, 0.2) is 0 Å². The Hall–Kier alpha value is -0.0800. The van der Waals surface area contributed by atoms with Gasteiger partial charge in [0.05, 0.1) is 6.61 Å². The molecule has 1 N–H and O–H groups in total. The molecule has 0 aromatic rings. The lowest BCUT2D eigenvalue weighted by Gasteiger charge is -2.44. The minimum Gasteiger partial charge on any atom is -0.383 e. The Morgan fingerprint density at radius 2 is 2.06 bits per heavy atom. The second kappa shape index (κ2) is 3.99. The third-order valence-electron chi connectivity index (χ3n) is 5.14. The van der Waals surface area contributed by atoms with Crippen molar-refractivity contribution in [3.05, 3.63) is 0 Å². The van der Waals surface area contributed by atoms with Gasteiger partial charge in [-0.1, -0.05) is 20.8 Å². The molecule has 2 fully saturated rings. The lowest BCUT2D eigenvalue weighted by atomic mass is 9.68. The first-order valence-corrected chi connectivity index (χ1v) is 6.65. The molecule has 0 heterocycles. The fourth-order valence-electron chi connectivity index (χ4n) is 4.30. The van der Waals surface area contributed by atoms with Crippen LogP contribution in [0.2, 0.25) is 0 Å². The second-order valence-electron chi connectivity index (χ2n) is 6.87. The first kappa shape index (κ1) is 12.4. The Labute approximate surface area is 100 Å². The fourth-order valence-corrected chi connectivity index (χ4v) is 4.30. The van der Waals surface area contributed by atoms with Crippen LogP contribution < -0.4 is 5.32 Å². The van der Waals surface area contributed by atoms with E-state index in [0.29, 0.717) is 22.9 Å². The first-order valence-electron chi connectivity index (χ1n) is 6.65. The predicted octanol–water partition coefficient (Wildman–Crippen LogP) is 2.83. The summed E-state index contributed by atoms with van der Waals surface area (Å²) in [5, 5.41) is 3.82. The molecule has 4 unspecified atom stereocenters. The Morgan fingerprint density at radius 1 is 1.38 bits per heavy atom. The monoisotopic (exact) mass is 225 g/mol. The molecule has 0 saturated heterocycles. The maximum Gasteiger partial charge on any atom is 0.0613 e. The quantitative estimate of drug-likeness (QED) is 0.794. The third kappa shape index (κ3) is 1.80. The molecule has 0 spiro atoms. The van der Waals surface area contributed by atoms with Crippen molar-refractivity contribution in [1.82, 2.24) is 5.32 Å². The molecule has 0 amide bonds. The molecule has 2 saturated carbocycles. The summed E-state index contributed by atoms with van der Waals surface area (Å²) in [6.07, 6.45) is 4.25. The van der Waals surface area contributed by atoms with Crippen molar-refractivity contribution in [2.24, 2.45) is 16.7 Å². The van der Waals surface area contributed by atoms with Gasteiger partial charge in [0.25, 0.3) is 0 Å². The molecule has 0 radical (unpaired) electrons. The summed E-state index contributed by atoms with van der Waals surface area (Å²) in [7, 11) is 1.78. The molecule has 0 aliphatic heterocycles. The normalized spacial score (nSPS) is 42.6. The zero-order valence-electron chi connectivity index (χ0n) is 11.5. The Balaban J connectivity index is 2.08. The average Bonchev–Trinajstić information content (AvgIpc) is 2.64. The highest BCUT2D eigenvalue weighted by molar-refractivity contribution is 5.12. The van der Waals surface area contributed by atoms with Crippen molar-refractivity contribution in [2.45, 2.75) is 59.0 Å². The lowest BCUT2D eigenvalue weighted by molar-refractivity contribution is 0.0815. The summed E-state index contributed by atoms with van der Waals surface area (Å²) in [6, 6.07) is 1.12. The molecular formula is C14H27NO. The van der Waals surface area contributed by atoms with E-state index in [9.17, 15) is 0 Å². The number of hydrogen-bond acceptors (Lipinski definition) is 2. The van der Waals surface area contributed by atoms with E-state index in [4.69, 9.17) is 4.74 Å². The van der Waals surface area contributed by atoms with Gasteiger partial charge in [0.2, 0.25) is 0 Å². The van der Waals surface area contributed by atoms with Gasteiger partial charge in [0, 0.05) is 19.2 Å². The molecule has 0 aromatic heterocycles. The van der Waals surface area contributed by atoms with Crippen molar-refractivity contribution in [1.29, 1.82) is 0 Å². The number of fused-ring (bicyclic) bond motifs is 2. The number of methoxy groups -OCH3 is 1. The van der Waals surface area contributed by atoms with Crippen LogP contribution in [-0.4, -0.2) is 25.8 Å². The lowest BCUT2D eigenvalue weighted by Crippen LogP contribution is -2.53. The van der Waals surface area contributed by atoms with E-state index in [1.807, 2.05) is 0 Å². The minimum atomic E-state index is 0.453. The van der Waals surface area contributed by atoms with Crippen molar-refractivity contribution < 1.29 is 4.74 Å². The predicted molar refractivity (Wildman–Crippen MR) is 67.5 cm³/mol. The van der Waals surface area contributed by atoms with E-state index < -0.39 is 0 Å². The highest BCUT2D eigenvalue weighted by Gasteiger charge is 2.59. The molecule has 4 atom stereocenters. The number of hydrogen-bond donors (Lipinski definition) is 1. The zero-order chi connectivity index (χ0) is 12.0. The van der Waals surface area contributed by atoms with Crippen LogP contribution in [0.15, 0.2) is 0 Å². The van der Waals surface area contributed by atoms with Crippen molar-refractivity contribution in [3.8, 4) is 0 Å². The van der Waals surface area contributed by atoms with Crippen LogP contribution in [0.4, 0.5) is 0 Å². The van der Waals surface area contributed by atoms with Crippen LogP contribution in [0.1, 0.15) is 47.0 Å². The van der Waals surface area contributed by atoms with Gasteiger partial charge in [0.1, 0.15) is 0 Å². The van der Waals surface area contributed by atoms with Crippen molar-refractivity contribution >= 4 is 0 Å². The van der Waals surface area contributed by atoms with Crippen LogP contribution in [0, 0.1) is 16.7 Å². The van der Waals surface area contributed by atoms with Gasteiger partial charge in [-0.2, -0.15) is 0 Å². The average molecular weight is 225 g/mol. The van der Waals surface area contributed by atoms with Gasteiger partial charge >= 0.3 is 0 Å². The van der Waals surface area contributed by atoms with Crippen LogP contribution in [0.3, 0.4) is 0 Å². The largest absolute Gasteiger partial charge is 0.383 e. The van der Waals surface area contributed by atoms with Gasteiger partial charge in [-0.15, -0.1) is 0 Å². The van der Waals surface area contributed by atoms with Crippen LogP contribution >= 0.6 is 0 Å². The molecular weight excluding hydrogens is 198 g/mol. The van der Waals surface area contributed by atoms with E-state index in [-0.39, 0.29) is 0 Å². The SMILES string of the molecule is COCC(C)NC1C2(C)CCC(C2)C1(C)C. The molecule has 94 valence electrons. The summed E-state index contributed by atoms with van der Waals surface area (Å²) < 4.78 is 5.23. The molecule has 2 nitrogen and oxygen atoms in total. The Morgan fingerprint density at radius 3 is 2.56 bits per heavy atom. The summed E-state index contributed by atoms with van der Waals surface area (Å²) >= 11 is 0. The summed E-state index contributed by atoms with van der Waals surface area (Å²) in [4.78, 5) is 0. The van der Waals surface area contributed by atoms with Gasteiger partial charge in [-0.3, -0.25) is 0 Å². The molecule has 2 aliphatic carbocycles. The Kier molecular flexibility index (Phi) is 3.09. The first-order chi connectivity index (χ1) is 7.40. The zero-order valence-corrected chi connectivity index (χ0v) is 11.5.